The fraction of sp³-hybridized carbons (Fsp3) is 0.364. The standard InChI is InChI=1S/C22H21ClN2O7/c1-7-8-6-9-16(25(2)3)18(28)15(21(24)31)20(30)22(9,32)19(29)13(8)17(27)14-11(26)5-4-10(23)12(7)14/h4-5,9,15-16,26-27,32H,6H2,1-3H3,(H2,24,31)/t9-,15?,16-,22-/m0/s1. The van der Waals surface area contributed by atoms with E-state index in [2.05, 4.69) is 0 Å². The number of carbonyl (C=O) groups excluding carboxylic acids is 4. The second-order valence-electron chi connectivity index (χ2n) is 8.56. The largest absolute Gasteiger partial charge is 0.507 e. The Labute approximate surface area is 187 Å². The van der Waals surface area contributed by atoms with Crippen LogP contribution in [0.1, 0.15) is 21.5 Å². The molecule has 2 aliphatic carbocycles. The van der Waals surface area contributed by atoms with Gasteiger partial charge < -0.3 is 21.1 Å². The third-order valence-corrected chi connectivity index (χ3v) is 7.02. The van der Waals surface area contributed by atoms with Crippen LogP contribution in [0.25, 0.3) is 10.8 Å². The summed E-state index contributed by atoms with van der Waals surface area (Å²) in [5, 5.41) is 33.2. The van der Waals surface area contributed by atoms with Crippen LogP contribution in [-0.2, 0) is 20.8 Å². The predicted octanol–water partition coefficient (Wildman–Crippen LogP) is 0.482. The van der Waals surface area contributed by atoms with Crippen LogP contribution in [-0.4, -0.2) is 69.2 Å². The molecule has 4 rings (SSSR count). The number of Topliss-reactive ketones (excluding diaryl/α,β-unsaturated/α-hetero) is 3. The molecular weight excluding hydrogens is 440 g/mol. The normalized spacial score (nSPS) is 27.6. The molecule has 0 saturated heterocycles. The maximum Gasteiger partial charge on any atom is 0.235 e. The number of likely N-dealkylation sites (N-methyl/N-ethyl adjacent to an activating group) is 1. The Morgan fingerprint density at radius 1 is 1.19 bits per heavy atom. The van der Waals surface area contributed by atoms with E-state index in [1.807, 2.05) is 0 Å². The van der Waals surface area contributed by atoms with E-state index in [9.17, 15) is 34.5 Å². The van der Waals surface area contributed by atoms with Gasteiger partial charge in [-0.2, -0.15) is 0 Å². The zero-order valence-electron chi connectivity index (χ0n) is 17.5. The Bertz CT molecular complexity index is 1260. The monoisotopic (exact) mass is 460 g/mol. The van der Waals surface area contributed by atoms with Gasteiger partial charge in [0.25, 0.3) is 0 Å². The molecule has 0 spiro atoms. The lowest BCUT2D eigenvalue weighted by atomic mass is 9.58. The number of rotatable bonds is 2. The SMILES string of the molecule is Cc1c2c(c(O)c3c(O)ccc(Cl)c13)C(=O)[C@]1(O)C(=O)C(C(N)=O)C(=O)[C@@H](N(C)C)[C@@H]1C2. The minimum absolute atomic E-state index is 0.0981. The Balaban J connectivity index is 2.09. The third kappa shape index (κ3) is 2.58. The Morgan fingerprint density at radius 3 is 2.38 bits per heavy atom. The van der Waals surface area contributed by atoms with Gasteiger partial charge in [0.15, 0.2) is 23.1 Å². The number of nitrogens with two attached hydrogens (primary N) is 1. The molecule has 0 heterocycles. The Hall–Kier alpha value is -3.01. The van der Waals surface area contributed by atoms with Crippen LogP contribution in [0.5, 0.6) is 11.5 Å². The van der Waals surface area contributed by atoms with E-state index in [1.165, 1.54) is 31.1 Å². The first-order valence-electron chi connectivity index (χ1n) is 9.82. The summed E-state index contributed by atoms with van der Waals surface area (Å²) in [5.74, 6) is -8.72. The van der Waals surface area contributed by atoms with Crippen LogP contribution in [0.3, 0.4) is 0 Å². The highest BCUT2D eigenvalue weighted by Crippen LogP contribution is 2.50. The molecule has 2 aromatic rings. The molecular formula is C22H21ClN2O7. The van der Waals surface area contributed by atoms with Gasteiger partial charge in [0.05, 0.1) is 17.0 Å². The lowest BCUT2D eigenvalue weighted by molar-refractivity contribution is -0.162. The van der Waals surface area contributed by atoms with Gasteiger partial charge in [-0.3, -0.25) is 24.1 Å². The molecule has 168 valence electrons. The van der Waals surface area contributed by atoms with Crippen molar-refractivity contribution in [2.75, 3.05) is 14.1 Å². The van der Waals surface area contributed by atoms with Crippen molar-refractivity contribution in [3.05, 3.63) is 33.8 Å². The first-order valence-corrected chi connectivity index (χ1v) is 10.2. The topological polar surface area (TPSA) is 158 Å². The molecule has 2 aromatic carbocycles. The highest BCUT2D eigenvalue weighted by Gasteiger charge is 2.66. The van der Waals surface area contributed by atoms with Gasteiger partial charge in [0, 0.05) is 16.3 Å². The fourth-order valence-corrected chi connectivity index (χ4v) is 5.54. The van der Waals surface area contributed by atoms with Crippen LogP contribution in [0.4, 0.5) is 0 Å². The number of aliphatic hydroxyl groups is 1. The fourth-order valence-electron chi connectivity index (χ4n) is 5.24. The third-order valence-electron chi connectivity index (χ3n) is 6.71. The summed E-state index contributed by atoms with van der Waals surface area (Å²) < 4.78 is 0. The molecule has 4 atom stereocenters. The molecule has 0 radical (unpaired) electrons. The lowest BCUT2D eigenvalue weighted by Crippen LogP contribution is -2.71. The highest BCUT2D eigenvalue weighted by atomic mass is 35.5. The number of phenolic OH excluding ortho intramolecular Hbond substituents is 2. The van der Waals surface area contributed by atoms with Crippen molar-refractivity contribution >= 4 is 45.6 Å². The van der Waals surface area contributed by atoms with Crippen molar-refractivity contribution in [3.63, 3.8) is 0 Å². The second-order valence-corrected chi connectivity index (χ2v) is 8.97. The van der Waals surface area contributed by atoms with E-state index in [0.717, 1.165) is 0 Å². The number of aromatic hydroxyl groups is 2. The Morgan fingerprint density at radius 2 is 1.81 bits per heavy atom. The first-order chi connectivity index (χ1) is 14.8. The highest BCUT2D eigenvalue weighted by molar-refractivity contribution is 6.37. The summed E-state index contributed by atoms with van der Waals surface area (Å²) in [6.45, 7) is 1.63. The van der Waals surface area contributed by atoms with Gasteiger partial charge >= 0.3 is 0 Å². The van der Waals surface area contributed by atoms with Gasteiger partial charge in [-0.25, -0.2) is 0 Å². The van der Waals surface area contributed by atoms with Gasteiger partial charge in [-0.05, 0) is 50.7 Å². The van der Waals surface area contributed by atoms with E-state index in [1.54, 1.807) is 6.92 Å². The van der Waals surface area contributed by atoms with Gasteiger partial charge in [-0.1, -0.05) is 11.6 Å². The molecule has 0 aromatic heterocycles. The summed E-state index contributed by atoms with van der Waals surface area (Å²) in [6.07, 6.45) is -0.134. The lowest BCUT2D eigenvalue weighted by Gasteiger charge is -2.48. The van der Waals surface area contributed by atoms with Crippen LogP contribution in [0, 0.1) is 18.8 Å². The van der Waals surface area contributed by atoms with Gasteiger partial charge in [0.2, 0.25) is 11.7 Å². The minimum atomic E-state index is -2.76. The van der Waals surface area contributed by atoms with Crippen molar-refractivity contribution in [2.45, 2.75) is 25.0 Å². The average molecular weight is 461 g/mol. The van der Waals surface area contributed by atoms with Crippen molar-refractivity contribution in [1.82, 2.24) is 4.90 Å². The Kier molecular flexibility index (Phi) is 4.85. The van der Waals surface area contributed by atoms with Crippen molar-refractivity contribution in [2.24, 2.45) is 17.6 Å². The summed E-state index contributed by atoms with van der Waals surface area (Å²) in [5.41, 5.74) is 2.92. The molecule has 32 heavy (non-hydrogen) atoms. The van der Waals surface area contributed by atoms with E-state index in [4.69, 9.17) is 17.3 Å². The number of fused-ring (bicyclic) bond motifs is 3. The average Bonchev–Trinajstić information content (AvgIpc) is 2.69. The number of hydrogen-bond donors (Lipinski definition) is 4. The zero-order chi connectivity index (χ0) is 23.9. The van der Waals surface area contributed by atoms with E-state index >= 15 is 0 Å². The number of phenols is 2. The molecule has 1 fully saturated rings. The molecule has 9 nitrogen and oxygen atoms in total. The first kappa shape index (κ1) is 22.2. The zero-order valence-corrected chi connectivity index (χ0v) is 18.2. The van der Waals surface area contributed by atoms with E-state index in [0.29, 0.717) is 16.5 Å². The second kappa shape index (κ2) is 6.99. The maximum absolute atomic E-state index is 13.6. The molecule has 0 aliphatic heterocycles. The number of benzene rings is 2. The number of hydrogen-bond acceptors (Lipinski definition) is 8. The molecule has 1 unspecified atom stereocenters. The maximum atomic E-state index is 13.6. The summed E-state index contributed by atoms with van der Waals surface area (Å²) >= 11 is 6.30. The summed E-state index contributed by atoms with van der Waals surface area (Å²) in [7, 11) is 3.05. The van der Waals surface area contributed by atoms with Gasteiger partial charge in [-0.15, -0.1) is 0 Å². The van der Waals surface area contributed by atoms with Crippen LogP contribution in [0.2, 0.25) is 5.02 Å². The van der Waals surface area contributed by atoms with E-state index < -0.39 is 52.5 Å². The van der Waals surface area contributed by atoms with Crippen LogP contribution in [0.15, 0.2) is 12.1 Å². The molecule has 0 bridgehead atoms. The van der Waals surface area contributed by atoms with Crippen LogP contribution < -0.4 is 5.73 Å². The van der Waals surface area contributed by atoms with Crippen LogP contribution >= 0.6 is 11.6 Å². The molecule has 1 saturated carbocycles. The van der Waals surface area contributed by atoms with Gasteiger partial charge in [0.1, 0.15) is 11.5 Å². The molecule has 10 heteroatoms. The van der Waals surface area contributed by atoms with Crippen molar-refractivity contribution in [3.8, 4) is 11.5 Å². The van der Waals surface area contributed by atoms with Crippen molar-refractivity contribution < 1.29 is 34.5 Å². The predicted molar refractivity (Wildman–Crippen MR) is 114 cm³/mol. The van der Waals surface area contributed by atoms with Crippen molar-refractivity contribution in [1.29, 1.82) is 0 Å². The molecule has 5 N–H and O–H groups in total. The number of carbonyl (C=O) groups is 4. The summed E-state index contributed by atoms with van der Waals surface area (Å²) in [4.78, 5) is 53.1. The number of halogens is 1. The van der Waals surface area contributed by atoms with E-state index in [-0.39, 0.29) is 28.1 Å². The number of primary amides is 1. The number of aryl methyl sites for hydroxylation is 1. The number of ketones is 3. The molecule has 2 aliphatic rings. The number of nitrogens with zero attached hydrogens (tertiary/aromatic N) is 1. The quantitative estimate of drug-likeness (QED) is 0.471. The minimum Gasteiger partial charge on any atom is -0.507 e. The molecule has 1 amide bonds. The number of amides is 1. The summed E-state index contributed by atoms with van der Waals surface area (Å²) in [6, 6.07) is 1.52. The smallest absolute Gasteiger partial charge is 0.235 e.